The van der Waals surface area contributed by atoms with Crippen LogP contribution < -0.4 is 11.4 Å². The highest BCUT2D eigenvalue weighted by atomic mass is 16.3. The van der Waals surface area contributed by atoms with E-state index in [0.29, 0.717) is 12.1 Å². The Kier molecular flexibility index (Phi) is 2.47. The highest BCUT2D eigenvalue weighted by Crippen LogP contribution is 2.20. The van der Waals surface area contributed by atoms with E-state index in [1.165, 1.54) is 4.57 Å². The summed E-state index contributed by atoms with van der Waals surface area (Å²) in [5.41, 5.74) is 6.98. The largest absolute Gasteiger partial charge is 0.508 e. The minimum atomic E-state index is -0.112. The molecule has 16 heavy (non-hydrogen) atoms. The number of benzene rings is 1. The summed E-state index contributed by atoms with van der Waals surface area (Å²) in [5.74, 6) is 0.153. The number of hydrogen-bond donors (Lipinski definition) is 2. The van der Waals surface area contributed by atoms with Gasteiger partial charge < -0.3 is 10.8 Å². The molecule has 0 bridgehead atoms. The van der Waals surface area contributed by atoms with E-state index in [4.69, 9.17) is 5.73 Å². The van der Waals surface area contributed by atoms with Gasteiger partial charge in [-0.15, -0.1) is 0 Å². The normalized spacial score (nSPS) is 13.2. The number of aryl methyl sites for hydroxylation is 1. The van der Waals surface area contributed by atoms with Crippen molar-refractivity contribution >= 4 is 11.0 Å². The van der Waals surface area contributed by atoms with E-state index in [1.54, 1.807) is 29.8 Å². The summed E-state index contributed by atoms with van der Waals surface area (Å²) in [7, 11) is 1.68. The van der Waals surface area contributed by atoms with Gasteiger partial charge in [0.2, 0.25) is 0 Å². The molecule has 1 aromatic carbocycles. The fourth-order valence-corrected chi connectivity index (χ4v) is 1.88. The zero-order valence-electron chi connectivity index (χ0n) is 9.34. The molecule has 0 aliphatic carbocycles. The molecule has 1 heterocycles. The average Bonchev–Trinajstić information content (AvgIpc) is 2.52. The van der Waals surface area contributed by atoms with Gasteiger partial charge in [0.25, 0.3) is 0 Å². The number of nitrogens with two attached hydrogens (primary N) is 1. The molecule has 1 unspecified atom stereocenters. The number of hydrogen-bond acceptors (Lipinski definition) is 3. The lowest BCUT2D eigenvalue weighted by molar-refractivity contribution is 0.476. The number of imidazole rings is 1. The van der Waals surface area contributed by atoms with Crippen LogP contribution in [0, 0.1) is 0 Å². The van der Waals surface area contributed by atoms with E-state index in [-0.39, 0.29) is 17.5 Å². The monoisotopic (exact) mass is 221 g/mol. The molecule has 0 fully saturated rings. The van der Waals surface area contributed by atoms with Crippen molar-refractivity contribution < 1.29 is 5.11 Å². The smallest absolute Gasteiger partial charge is 0.329 e. The lowest BCUT2D eigenvalue weighted by Gasteiger charge is -2.10. The predicted octanol–water partition coefficient (Wildman–Crippen LogP) is 0.565. The molecule has 5 heteroatoms. The van der Waals surface area contributed by atoms with Gasteiger partial charge in [0.05, 0.1) is 11.0 Å². The second-order valence-electron chi connectivity index (χ2n) is 3.97. The number of rotatable bonds is 2. The summed E-state index contributed by atoms with van der Waals surface area (Å²) < 4.78 is 3.16. The summed E-state index contributed by atoms with van der Waals surface area (Å²) in [6, 6.07) is 4.83. The summed E-state index contributed by atoms with van der Waals surface area (Å²) >= 11 is 0. The zero-order valence-corrected chi connectivity index (χ0v) is 9.34. The first-order valence-electron chi connectivity index (χ1n) is 5.16. The van der Waals surface area contributed by atoms with Crippen LogP contribution in [0.4, 0.5) is 0 Å². The van der Waals surface area contributed by atoms with Crippen molar-refractivity contribution in [2.45, 2.75) is 13.0 Å². The maximum Gasteiger partial charge on any atom is 0.329 e. The molecule has 2 aromatic rings. The van der Waals surface area contributed by atoms with Crippen molar-refractivity contribution in [2.75, 3.05) is 6.54 Å². The fraction of sp³-hybridized carbons (Fsp3) is 0.364. The van der Waals surface area contributed by atoms with Crippen LogP contribution in [-0.4, -0.2) is 20.8 Å². The van der Waals surface area contributed by atoms with Gasteiger partial charge in [0.15, 0.2) is 0 Å². The fourth-order valence-electron chi connectivity index (χ4n) is 1.88. The zero-order chi connectivity index (χ0) is 11.9. The Hall–Kier alpha value is -1.75. The van der Waals surface area contributed by atoms with E-state index in [2.05, 4.69) is 0 Å². The third kappa shape index (κ3) is 1.40. The quantitative estimate of drug-likeness (QED) is 0.778. The molecular weight excluding hydrogens is 206 g/mol. The van der Waals surface area contributed by atoms with Crippen LogP contribution in [0.25, 0.3) is 11.0 Å². The van der Waals surface area contributed by atoms with Crippen LogP contribution in [0.3, 0.4) is 0 Å². The molecular formula is C11H15N3O2. The molecule has 0 saturated heterocycles. The van der Waals surface area contributed by atoms with Crippen LogP contribution in [0.1, 0.15) is 13.0 Å². The van der Waals surface area contributed by atoms with Crippen LogP contribution >= 0.6 is 0 Å². The maximum absolute atomic E-state index is 12.0. The third-order valence-corrected chi connectivity index (χ3v) is 2.85. The number of nitrogens with zero attached hydrogens (tertiary/aromatic N) is 2. The second-order valence-corrected chi connectivity index (χ2v) is 3.97. The highest BCUT2D eigenvalue weighted by molar-refractivity contribution is 5.77. The van der Waals surface area contributed by atoms with Crippen molar-refractivity contribution in [1.29, 1.82) is 0 Å². The third-order valence-electron chi connectivity index (χ3n) is 2.85. The first-order valence-corrected chi connectivity index (χ1v) is 5.16. The SMILES string of the molecule is CC(CN)n1c(=O)n(C)c2cc(O)ccc21. The molecule has 1 aromatic heterocycles. The van der Waals surface area contributed by atoms with E-state index in [1.807, 2.05) is 6.92 Å². The number of fused-ring (bicyclic) bond motifs is 1. The maximum atomic E-state index is 12.0. The summed E-state index contributed by atoms with van der Waals surface area (Å²) in [5, 5.41) is 9.40. The van der Waals surface area contributed by atoms with Gasteiger partial charge in [0, 0.05) is 25.7 Å². The Morgan fingerprint density at radius 2 is 2.12 bits per heavy atom. The van der Waals surface area contributed by atoms with Crippen molar-refractivity contribution in [3.05, 3.63) is 28.7 Å². The Bertz CT molecular complexity index is 583. The van der Waals surface area contributed by atoms with Gasteiger partial charge in [-0.3, -0.25) is 9.13 Å². The molecule has 0 radical (unpaired) electrons. The topological polar surface area (TPSA) is 73.2 Å². The minimum absolute atomic E-state index is 0.0549. The predicted molar refractivity (Wildman–Crippen MR) is 62.6 cm³/mol. The summed E-state index contributed by atoms with van der Waals surface area (Å²) in [6.07, 6.45) is 0. The van der Waals surface area contributed by atoms with Crippen LogP contribution in [0.2, 0.25) is 0 Å². The van der Waals surface area contributed by atoms with Gasteiger partial charge in [0.1, 0.15) is 5.75 Å². The highest BCUT2D eigenvalue weighted by Gasteiger charge is 2.14. The molecule has 0 amide bonds. The first-order chi connectivity index (χ1) is 7.56. The Morgan fingerprint density at radius 1 is 1.44 bits per heavy atom. The molecule has 86 valence electrons. The molecule has 5 nitrogen and oxygen atoms in total. The molecule has 0 saturated carbocycles. The lowest BCUT2D eigenvalue weighted by atomic mass is 10.2. The number of phenolic OH excluding ortho intramolecular Hbond substituents is 1. The van der Waals surface area contributed by atoms with Gasteiger partial charge in [-0.25, -0.2) is 4.79 Å². The standard InChI is InChI=1S/C11H15N3O2/c1-7(6-12)14-9-4-3-8(15)5-10(9)13(2)11(14)16/h3-5,7,15H,6,12H2,1-2H3. The number of aromatic nitrogens is 2. The van der Waals surface area contributed by atoms with Crippen LogP contribution in [0.15, 0.2) is 23.0 Å². The average molecular weight is 221 g/mol. The summed E-state index contributed by atoms with van der Waals surface area (Å²) in [6.45, 7) is 2.30. The van der Waals surface area contributed by atoms with Gasteiger partial charge in [-0.2, -0.15) is 0 Å². The van der Waals surface area contributed by atoms with E-state index in [0.717, 1.165) is 5.52 Å². The Labute approximate surface area is 92.7 Å². The van der Waals surface area contributed by atoms with Gasteiger partial charge in [-0.1, -0.05) is 0 Å². The number of phenols is 1. The molecule has 3 N–H and O–H groups in total. The van der Waals surface area contributed by atoms with E-state index >= 15 is 0 Å². The minimum Gasteiger partial charge on any atom is -0.508 e. The van der Waals surface area contributed by atoms with Crippen LogP contribution in [0.5, 0.6) is 5.75 Å². The Balaban J connectivity index is 2.84. The van der Waals surface area contributed by atoms with Crippen molar-refractivity contribution in [3.63, 3.8) is 0 Å². The van der Waals surface area contributed by atoms with Gasteiger partial charge in [-0.05, 0) is 19.1 Å². The molecule has 0 aliphatic rings. The first kappa shape index (κ1) is 10.8. The molecule has 1 atom stereocenters. The lowest BCUT2D eigenvalue weighted by Crippen LogP contribution is -2.28. The number of aromatic hydroxyl groups is 1. The van der Waals surface area contributed by atoms with E-state index in [9.17, 15) is 9.90 Å². The summed E-state index contributed by atoms with van der Waals surface area (Å²) in [4.78, 5) is 12.0. The second kappa shape index (κ2) is 3.68. The van der Waals surface area contributed by atoms with Gasteiger partial charge >= 0.3 is 5.69 Å². The van der Waals surface area contributed by atoms with Crippen molar-refractivity contribution in [3.8, 4) is 5.75 Å². The Morgan fingerprint density at radius 3 is 2.75 bits per heavy atom. The molecule has 0 spiro atoms. The molecule has 2 rings (SSSR count). The molecule has 0 aliphatic heterocycles. The van der Waals surface area contributed by atoms with Crippen molar-refractivity contribution in [1.82, 2.24) is 9.13 Å². The van der Waals surface area contributed by atoms with Crippen molar-refractivity contribution in [2.24, 2.45) is 12.8 Å². The van der Waals surface area contributed by atoms with E-state index < -0.39 is 0 Å². The van der Waals surface area contributed by atoms with Crippen LogP contribution in [-0.2, 0) is 7.05 Å².